The lowest BCUT2D eigenvalue weighted by molar-refractivity contribution is 0.315. The van der Waals surface area contributed by atoms with E-state index >= 15 is 0 Å². The molecule has 1 aliphatic carbocycles. The number of halogens is 1. The molecule has 1 aromatic carbocycles. The maximum Gasteiger partial charge on any atom is 0.191 e. The Bertz CT molecular complexity index is 756. The highest BCUT2D eigenvalue weighted by Crippen LogP contribution is 2.31. The summed E-state index contributed by atoms with van der Waals surface area (Å²) in [5.41, 5.74) is 1.06. The Labute approximate surface area is 177 Å². The Kier molecular flexibility index (Phi) is 6.69. The maximum atomic E-state index is 4.39. The first-order valence-electron chi connectivity index (χ1n) is 9.40. The van der Waals surface area contributed by atoms with Crippen molar-refractivity contribution in [1.82, 2.24) is 30.3 Å². The van der Waals surface area contributed by atoms with Gasteiger partial charge >= 0.3 is 0 Å². The summed E-state index contributed by atoms with van der Waals surface area (Å²) in [5, 5.41) is 15.3. The molecule has 4 rings (SSSR count). The van der Waals surface area contributed by atoms with Gasteiger partial charge in [0.05, 0.1) is 6.54 Å². The Balaban J connectivity index is 0.00000210. The molecule has 0 bridgehead atoms. The zero-order valence-electron chi connectivity index (χ0n) is 15.9. The fourth-order valence-corrected chi connectivity index (χ4v) is 3.65. The van der Waals surface area contributed by atoms with E-state index in [4.69, 9.17) is 0 Å². The van der Waals surface area contributed by atoms with Crippen molar-refractivity contribution < 1.29 is 0 Å². The molecule has 2 N–H and O–H groups in total. The van der Waals surface area contributed by atoms with E-state index in [1.165, 1.54) is 19.4 Å². The molecule has 2 fully saturated rings. The normalized spacial score (nSPS) is 23.1. The summed E-state index contributed by atoms with van der Waals surface area (Å²) in [7, 11) is 1.82. The van der Waals surface area contributed by atoms with Gasteiger partial charge in [0.15, 0.2) is 11.8 Å². The van der Waals surface area contributed by atoms with Gasteiger partial charge in [0.25, 0.3) is 0 Å². The van der Waals surface area contributed by atoms with Crippen LogP contribution in [-0.4, -0.2) is 57.8 Å². The molecule has 2 aromatic rings. The lowest BCUT2D eigenvalue weighted by Crippen LogP contribution is -2.46. The second kappa shape index (κ2) is 9.01. The van der Waals surface area contributed by atoms with Crippen molar-refractivity contribution >= 4 is 29.9 Å². The predicted molar refractivity (Wildman–Crippen MR) is 118 cm³/mol. The minimum Gasteiger partial charge on any atom is -0.352 e. The molecule has 1 saturated carbocycles. The van der Waals surface area contributed by atoms with Gasteiger partial charge in [-0.25, -0.2) is 0 Å². The van der Waals surface area contributed by atoms with Crippen LogP contribution in [0, 0.1) is 5.92 Å². The van der Waals surface area contributed by atoms with E-state index in [0.717, 1.165) is 30.1 Å². The van der Waals surface area contributed by atoms with Crippen molar-refractivity contribution in [3.63, 3.8) is 0 Å². The van der Waals surface area contributed by atoms with Crippen LogP contribution in [0.4, 0.5) is 0 Å². The third-order valence-electron chi connectivity index (χ3n) is 5.32. The Hall–Kier alpha value is -1.68. The van der Waals surface area contributed by atoms with Gasteiger partial charge < -0.3 is 10.6 Å². The van der Waals surface area contributed by atoms with Crippen molar-refractivity contribution in [1.29, 1.82) is 0 Å². The molecule has 2 unspecified atom stereocenters. The molecular formula is C19H28IN7. The third-order valence-corrected chi connectivity index (χ3v) is 5.32. The van der Waals surface area contributed by atoms with Crippen LogP contribution in [0.2, 0.25) is 0 Å². The predicted octanol–water partition coefficient (Wildman–Crippen LogP) is 2.03. The standard InChI is InChI=1S/C19H27N7.HI/c1-14-11-25(15-8-9-15)12-17(14)23-19(20-2)21-10-18-24-22-13-26(18)16-6-4-3-5-7-16;/h3-7,13-15,17H,8-12H2,1-2H3,(H2,20,21,23);1H. The number of guanidine groups is 1. The number of rotatable bonds is 5. The molecule has 1 saturated heterocycles. The Morgan fingerprint density at radius 1 is 1.22 bits per heavy atom. The maximum absolute atomic E-state index is 4.39. The van der Waals surface area contributed by atoms with Crippen LogP contribution in [0.25, 0.3) is 5.69 Å². The summed E-state index contributed by atoms with van der Waals surface area (Å²) in [4.78, 5) is 7.00. The molecule has 1 aromatic heterocycles. The molecular weight excluding hydrogens is 453 g/mol. The molecule has 7 nitrogen and oxygen atoms in total. The van der Waals surface area contributed by atoms with Crippen molar-refractivity contribution in [2.24, 2.45) is 10.9 Å². The Morgan fingerprint density at radius 3 is 2.70 bits per heavy atom. The lowest BCUT2D eigenvalue weighted by atomic mass is 10.1. The second-order valence-corrected chi connectivity index (χ2v) is 7.29. The minimum absolute atomic E-state index is 0. The quantitative estimate of drug-likeness (QED) is 0.389. The van der Waals surface area contributed by atoms with Crippen molar-refractivity contribution in [3.05, 3.63) is 42.5 Å². The van der Waals surface area contributed by atoms with E-state index in [0.29, 0.717) is 18.5 Å². The van der Waals surface area contributed by atoms with Crippen LogP contribution in [0.3, 0.4) is 0 Å². The van der Waals surface area contributed by atoms with Crippen molar-refractivity contribution in [2.45, 2.75) is 38.4 Å². The SMILES string of the molecule is CN=C(NCc1nncn1-c1ccccc1)NC1CN(C2CC2)CC1C.I. The van der Waals surface area contributed by atoms with Gasteiger partial charge in [-0.1, -0.05) is 25.1 Å². The molecule has 2 aliphatic rings. The van der Waals surface area contributed by atoms with Gasteiger partial charge in [0, 0.05) is 37.9 Å². The fraction of sp³-hybridized carbons (Fsp3) is 0.526. The number of hydrogen-bond acceptors (Lipinski definition) is 4. The monoisotopic (exact) mass is 481 g/mol. The summed E-state index contributed by atoms with van der Waals surface area (Å²) < 4.78 is 1.99. The molecule has 0 spiro atoms. The molecule has 0 amide bonds. The lowest BCUT2D eigenvalue weighted by Gasteiger charge is -2.20. The zero-order chi connectivity index (χ0) is 17.9. The van der Waals surface area contributed by atoms with Gasteiger partial charge in [0.2, 0.25) is 0 Å². The van der Waals surface area contributed by atoms with E-state index in [9.17, 15) is 0 Å². The summed E-state index contributed by atoms with van der Waals surface area (Å²) in [6.07, 6.45) is 4.47. The highest BCUT2D eigenvalue weighted by atomic mass is 127. The van der Waals surface area contributed by atoms with Gasteiger partial charge in [-0.2, -0.15) is 0 Å². The first-order chi connectivity index (χ1) is 12.7. The number of aromatic nitrogens is 3. The third kappa shape index (κ3) is 4.78. The van der Waals surface area contributed by atoms with E-state index in [1.54, 1.807) is 6.33 Å². The number of nitrogens with one attached hydrogen (secondary N) is 2. The first kappa shape index (κ1) is 20.1. The number of benzene rings is 1. The summed E-state index contributed by atoms with van der Waals surface area (Å²) in [6.45, 7) is 5.18. The highest BCUT2D eigenvalue weighted by molar-refractivity contribution is 14.0. The van der Waals surface area contributed by atoms with E-state index in [1.807, 2.05) is 41.9 Å². The van der Waals surface area contributed by atoms with Gasteiger partial charge in [-0.3, -0.25) is 14.5 Å². The van der Waals surface area contributed by atoms with Crippen molar-refractivity contribution in [3.8, 4) is 5.69 Å². The van der Waals surface area contributed by atoms with Crippen LogP contribution >= 0.6 is 24.0 Å². The highest BCUT2D eigenvalue weighted by Gasteiger charge is 2.38. The summed E-state index contributed by atoms with van der Waals surface area (Å²) in [5.74, 6) is 2.31. The second-order valence-electron chi connectivity index (χ2n) is 7.29. The fourth-order valence-electron chi connectivity index (χ4n) is 3.65. The summed E-state index contributed by atoms with van der Waals surface area (Å²) >= 11 is 0. The average Bonchev–Trinajstić information content (AvgIpc) is 3.31. The van der Waals surface area contributed by atoms with Gasteiger partial charge in [0.1, 0.15) is 6.33 Å². The van der Waals surface area contributed by atoms with Crippen LogP contribution in [0.15, 0.2) is 41.7 Å². The molecule has 2 atom stereocenters. The smallest absolute Gasteiger partial charge is 0.191 e. The molecule has 27 heavy (non-hydrogen) atoms. The topological polar surface area (TPSA) is 70.4 Å². The molecule has 2 heterocycles. The largest absolute Gasteiger partial charge is 0.352 e. The van der Waals surface area contributed by atoms with E-state index in [-0.39, 0.29) is 24.0 Å². The molecule has 8 heteroatoms. The summed E-state index contributed by atoms with van der Waals surface area (Å²) in [6, 6.07) is 11.4. The van der Waals surface area contributed by atoms with Crippen molar-refractivity contribution in [2.75, 3.05) is 20.1 Å². The number of likely N-dealkylation sites (tertiary alicyclic amines) is 1. The number of aliphatic imine (C=N–C) groups is 1. The molecule has 146 valence electrons. The van der Waals surface area contributed by atoms with Crippen LogP contribution in [0.5, 0.6) is 0 Å². The van der Waals surface area contributed by atoms with Crippen LogP contribution in [0.1, 0.15) is 25.6 Å². The van der Waals surface area contributed by atoms with Crippen LogP contribution in [-0.2, 0) is 6.54 Å². The molecule has 1 aliphatic heterocycles. The minimum atomic E-state index is 0. The number of hydrogen-bond donors (Lipinski definition) is 2. The van der Waals surface area contributed by atoms with E-state index < -0.39 is 0 Å². The average molecular weight is 481 g/mol. The van der Waals surface area contributed by atoms with Crippen LogP contribution < -0.4 is 10.6 Å². The van der Waals surface area contributed by atoms with Gasteiger partial charge in [-0.05, 0) is 30.9 Å². The zero-order valence-corrected chi connectivity index (χ0v) is 18.2. The number of para-hydroxylation sites is 1. The molecule has 0 radical (unpaired) electrons. The number of nitrogens with zero attached hydrogens (tertiary/aromatic N) is 5. The first-order valence-corrected chi connectivity index (χ1v) is 9.40. The van der Waals surface area contributed by atoms with E-state index in [2.05, 4.69) is 37.6 Å². The van der Waals surface area contributed by atoms with Gasteiger partial charge in [-0.15, -0.1) is 34.2 Å². The Morgan fingerprint density at radius 2 is 2.00 bits per heavy atom.